The Hall–Kier alpha value is -1.56. The van der Waals surface area contributed by atoms with E-state index >= 15 is 0 Å². The molecule has 1 aromatic carbocycles. The third kappa shape index (κ3) is 3.61. The first kappa shape index (κ1) is 16.8. The number of anilines is 2. The van der Waals surface area contributed by atoms with E-state index in [9.17, 15) is 9.18 Å². The summed E-state index contributed by atoms with van der Waals surface area (Å²) in [6, 6.07) is 5.50. The molecular formula is C14H10Cl3FN2O2. The first-order chi connectivity index (χ1) is 10.4. The van der Waals surface area contributed by atoms with Gasteiger partial charge in [-0.05, 0) is 31.2 Å². The van der Waals surface area contributed by atoms with Crippen LogP contribution in [-0.2, 0) is 4.74 Å². The molecule has 1 heterocycles. The van der Waals surface area contributed by atoms with Crippen LogP contribution >= 0.6 is 34.8 Å². The molecule has 0 saturated carbocycles. The van der Waals surface area contributed by atoms with Crippen LogP contribution in [0, 0.1) is 5.82 Å². The highest BCUT2D eigenvalue weighted by Crippen LogP contribution is 2.38. The number of nitrogens with one attached hydrogen (secondary N) is 1. The van der Waals surface area contributed by atoms with E-state index in [4.69, 9.17) is 39.5 Å². The summed E-state index contributed by atoms with van der Waals surface area (Å²) in [5.41, 5.74) is 0.558. The van der Waals surface area contributed by atoms with Crippen molar-refractivity contribution in [1.29, 1.82) is 0 Å². The average molecular weight is 364 g/mol. The van der Waals surface area contributed by atoms with E-state index in [-0.39, 0.29) is 39.0 Å². The summed E-state index contributed by atoms with van der Waals surface area (Å²) in [6.45, 7) is 1.82. The maximum atomic E-state index is 12.9. The lowest BCUT2D eigenvalue weighted by molar-refractivity contribution is 0.0520. The Morgan fingerprint density at radius 3 is 2.45 bits per heavy atom. The van der Waals surface area contributed by atoms with E-state index in [1.807, 2.05) is 0 Å². The molecule has 0 bridgehead atoms. The summed E-state index contributed by atoms with van der Waals surface area (Å²) in [7, 11) is 0. The molecule has 22 heavy (non-hydrogen) atoms. The van der Waals surface area contributed by atoms with Gasteiger partial charge in [0.1, 0.15) is 10.8 Å². The first-order valence-corrected chi connectivity index (χ1v) is 7.31. The zero-order valence-electron chi connectivity index (χ0n) is 11.3. The van der Waals surface area contributed by atoms with E-state index < -0.39 is 5.97 Å². The lowest BCUT2D eigenvalue weighted by Crippen LogP contribution is -2.10. The molecule has 0 saturated heterocycles. The van der Waals surface area contributed by atoms with Crippen LogP contribution in [-0.4, -0.2) is 17.6 Å². The molecule has 0 aliphatic carbocycles. The number of benzene rings is 1. The van der Waals surface area contributed by atoms with E-state index in [0.717, 1.165) is 0 Å². The summed E-state index contributed by atoms with van der Waals surface area (Å²) in [6.07, 6.45) is 0. The minimum Gasteiger partial charge on any atom is -0.461 e. The van der Waals surface area contributed by atoms with Gasteiger partial charge in [0, 0.05) is 5.69 Å². The molecule has 0 fully saturated rings. The van der Waals surface area contributed by atoms with Crippen LogP contribution in [0.4, 0.5) is 15.8 Å². The van der Waals surface area contributed by atoms with Crippen molar-refractivity contribution in [3.63, 3.8) is 0 Å². The summed E-state index contributed by atoms with van der Waals surface area (Å²) in [5, 5.41) is 2.80. The fourth-order valence-electron chi connectivity index (χ4n) is 1.64. The Bertz CT molecular complexity index is 708. The summed E-state index contributed by atoms with van der Waals surface area (Å²) in [4.78, 5) is 15.7. The van der Waals surface area contributed by atoms with Gasteiger partial charge in [-0.25, -0.2) is 14.2 Å². The highest BCUT2D eigenvalue weighted by molar-refractivity contribution is 6.46. The molecule has 2 rings (SSSR count). The van der Waals surface area contributed by atoms with Crippen molar-refractivity contribution in [1.82, 2.24) is 4.98 Å². The maximum absolute atomic E-state index is 12.9. The minimum atomic E-state index is -0.715. The van der Waals surface area contributed by atoms with Crippen molar-refractivity contribution in [3.8, 4) is 0 Å². The van der Waals surface area contributed by atoms with Gasteiger partial charge < -0.3 is 10.1 Å². The summed E-state index contributed by atoms with van der Waals surface area (Å²) < 4.78 is 17.8. The maximum Gasteiger partial charge on any atom is 0.358 e. The Balaban J connectivity index is 2.45. The van der Waals surface area contributed by atoms with Crippen LogP contribution in [0.15, 0.2) is 24.3 Å². The molecule has 4 nitrogen and oxygen atoms in total. The molecule has 0 aliphatic heterocycles. The molecule has 0 spiro atoms. The van der Waals surface area contributed by atoms with Crippen molar-refractivity contribution in [2.45, 2.75) is 6.92 Å². The second-order valence-electron chi connectivity index (χ2n) is 4.11. The topological polar surface area (TPSA) is 51.2 Å². The van der Waals surface area contributed by atoms with Gasteiger partial charge in [-0.1, -0.05) is 34.8 Å². The van der Waals surface area contributed by atoms with Crippen LogP contribution in [0.2, 0.25) is 15.2 Å². The molecule has 2 aromatic rings. The zero-order chi connectivity index (χ0) is 16.3. The van der Waals surface area contributed by atoms with Gasteiger partial charge in [-0.2, -0.15) is 0 Å². The van der Waals surface area contributed by atoms with E-state index in [0.29, 0.717) is 5.69 Å². The third-order valence-electron chi connectivity index (χ3n) is 2.62. The van der Waals surface area contributed by atoms with Crippen molar-refractivity contribution < 1.29 is 13.9 Å². The quantitative estimate of drug-likeness (QED) is 0.606. The van der Waals surface area contributed by atoms with Gasteiger partial charge in [0.2, 0.25) is 0 Å². The van der Waals surface area contributed by atoms with Crippen molar-refractivity contribution in [2.24, 2.45) is 0 Å². The number of carbonyl (C=O) groups is 1. The SMILES string of the molecule is CCOC(=O)c1nc(Cl)c(Cl)c(Nc2ccc(F)cc2)c1Cl. The second-order valence-corrected chi connectivity index (χ2v) is 5.22. The molecule has 116 valence electrons. The standard InChI is InChI=1S/C14H10Cl3FN2O2/c1-2-22-14(21)12-9(15)11(10(16)13(17)20-12)19-8-5-3-7(18)4-6-8/h3-6H,2H2,1H3,(H,19,20). The molecule has 0 unspecified atom stereocenters. The number of hydrogen-bond acceptors (Lipinski definition) is 4. The summed E-state index contributed by atoms with van der Waals surface area (Å²) in [5.74, 6) is -1.10. The first-order valence-electron chi connectivity index (χ1n) is 6.18. The lowest BCUT2D eigenvalue weighted by Gasteiger charge is -2.13. The fraction of sp³-hybridized carbons (Fsp3) is 0.143. The van der Waals surface area contributed by atoms with Crippen LogP contribution in [0.25, 0.3) is 0 Å². The van der Waals surface area contributed by atoms with E-state index in [2.05, 4.69) is 10.3 Å². The monoisotopic (exact) mass is 362 g/mol. The second kappa shape index (κ2) is 7.13. The number of aromatic nitrogens is 1. The molecule has 0 atom stereocenters. The molecular weight excluding hydrogens is 354 g/mol. The predicted molar refractivity (Wildman–Crippen MR) is 84.9 cm³/mol. The number of halogens is 4. The van der Waals surface area contributed by atoms with Crippen molar-refractivity contribution in [2.75, 3.05) is 11.9 Å². The highest BCUT2D eigenvalue weighted by Gasteiger charge is 2.22. The number of pyridine rings is 1. The Kier molecular flexibility index (Phi) is 5.45. The Labute approximate surface area is 141 Å². The zero-order valence-corrected chi connectivity index (χ0v) is 13.6. The number of esters is 1. The van der Waals surface area contributed by atoms with Crippen LogP contribution in [0.1, 0.15) is 17.4 Å². The fourth-order valence-corrected chi connectivity index (χ4v) is 2.31. The average Bonchev–Trinajstić information content (AvgIpc) is 2.49. The largest absolute Gasteiger partial charge is 0.461 e. The lowest BCUT2D eigenvalue weighted by atomic mass is 10.2. The van der Waals surface area contributed by atoms with Gasteiger partial charge in [-0.3, -0.25) is 0 Å². The number of hydrogen-bond donors (Lipinski definition) is 1. The molecule has 8 heteroatoms. The van der Waals surface area contributed by atoms with E-state index in [1.165, 1.54) is 24.3 Å². The predicted octanol–water partition coefficient (Wildman–Crippen LogP) is 5.10. The number of nitrogens with zero attached hydrogens (tertiary/aromatic N) is 1. The van der Waals surface area contributed by atoms with Gasteiger partial charge in [0.15, 0.2) is 10.8 Å². The summed E-state index contributed by atoms with van der Waals surface area (Å²) >= 11 is 18.1. The van der Waals surface area contributed by atoms with Crippen molar-refractivity contribution in [3.05, 3.63) is 51.0 Å². The van der Waals surface area contributed by atoms with Crippen LogP contribution in [0.5, 0.6) is 0 Å². The number of rotatable bonds is 4. The minimum absolute atomic E-state index is 0.0304. The normalized spacial score (nSPS) is 10.4. The Morgan fingerprint density at radius 2 is 1.86 bits per heavy atom. The van der Waals surface area contributed by atoms with Gasteiger partial charge in [0.05, 0.1) is 17.3 Å². The van der Waals surface area contributed by atoms with Gasteiger partial charge >= 0.3 is 5.97 Å². The molecule has 0 aliphatic rings. The van der Waals surface area contributed by atoms with Gasteiger partial charge in [0.25, 0.3) is 0 Å². The van der Waals surface area contributed by atoms with Crippen LogP contribution in [0.3, 0.4) is 0 Å². The smallest absolute Gasteiger partial charge is 0.358 e. The Morgan fingerprint density at radius 1 is 1.23 bits per heavy atom. The molecule has 0 amide bonds. The third-order valence-corrected chi connectivity index (χ3v) is 3.73. The highest BCUT2D eigenvalue weighted by atomic mass is 35.5. The van der Waals surface area contributed by atoms with Crippen LogP contribution < -0.4 is 5.32 Å². The van der Waals surface area contributed by atoms with E-state index in [1.54, 1.807) is 6.92 Å². The van der Waals surface area contributed by atoms with Gasteiger partial charge in [-0.15, -0.1) is 0 Å². The number of carbonyl (C=O) groups excluding carboxylic acids is 1. The van der Waals surface area contributed by atoms with Crippen molar-refractivity contribution >= 4 is 52.1 Å². The molecule has 1 N–H and O–H groups in total. The molecule has 0 radical (unpaired) electrons. The number of ether oxygens (including phenoxy) is 1. The molecule has 1 aromatic heterocycles.